The molecule has 1 saturated carbocycles. The van der Waals surface area contributed by atoms with E-state index in [0.717, 1.165) is 0 Å². The lowest BCUT2D eigenvalue weighted by Crippen LogP contribution is -2.29. The summed E-state index contributed by atoms with van der Waals surface area (Å²) in [5.74, 6) is -0.996. The first kappa shape index (κ1) is 7.58. The van der Waals surface area contributed by atoms with E-state index in [1.165, 1.54) is 7.11 Å². The highest BCUT2D eigenvalue weighted by Gasteiger charge is 2.51. The Bertz CT molecular complexity index is 235. The molecule has 0 N–H and O–H groups in total. The fraction of sp³-hybridized carbons (Fsp3) is 0.750. The maximum atomic E-state index is 11.1. The molecule has 0 aromatic carbocycles. The van der Waals surface area contributed by atoms with Crippen LogP contribution < -0.4 is 0 Å². The maximum Gasteiger partial charge on any atom is 0.310 e. The van der Waals surface area contributed by atoms with Gasteiger partial charge in [0.25, 0.3) is 0 Å². The van der Waals surface area contributed by atoms with Crippen LogP contribution in [-0.2, 0) is 19.1 Å². The zero-order chi connectivity index (χ0) is 8.72. The molecule has 2 unspecified atom stereocenters. The van der Waals surface area contributed by atoms with Gasteiger partial charge in [-0.05, 0) is 12.8 Å². The van der Waals surface area contributed by atoms with E-state index in [9.17, 15) is 9.59 Å². The monoisotopic (exact) mass is 170 g/mol. The minimum atomic E-state index is -0.279. The van der Waals surface area contributed by atoms with E-state index in [1.54, 1.807) is 0 Å². The number of carbonyl (C=O) groups excluding carboxylic acids is 2. The standard InChI is InChI=1S/C8H10O4/c1-11-7(9)5-2-4-3-6(5)8(10)12-4/h4-6H,2-3H2,1H3/t4?,5?,6-/m0/s1. The van der Waals surface area contributed by atoms with Crippen molar-refractivity contribution in [2.45, 2.75) is 18.9 Å². The lowest BCUT2D eigenvalue weighted by Gasteiger charge is -2.17. The number of methoxy groups -OCH3 is 1. The van der Waals surface area contributed by atoms with Crippen LogP contribution in [0.4, 0.5) is 0 Å². The third kappa shape index (κ3) is 0.906. The molecule has 1 aliphatic heterocycles. The Morgan fingerprint density at radius 3 is 2.83 bits per heavy atom. The Balaban J connectivity index is 2.12. The van der Waals surface area contributed by atoms with Crippen LogP contribution in [0.25, 0.3) is 0 Å². The summed E-state index contributed by atoms with van der Waals surface area (Å²) in [5.41, 5.74) is 0. The van der Waals surface area contributed by atoms with Gasteiger partial charge in [0.1, 0.15) is 6.10 Å². The first-order chi connectivity index (χ1) is 5.72. The van der Waals surface area contributed by atoms with Crippen molar-refractivity contribution in [1.82, 2.24) is 0 Å². The summed E-state index contributed by atoms with van der Waals surface area (Å²) in [7, 11) is 1.35. The maximum absolute atomic E-state index is 11.1. The second kappa shape index (κ2) is 2.47. The average molecular weight is 170 g/mol. The largest absolute Gasteiger partial charge is 0.469 e. The van der Waals surface area contributed by atoms with Crippen molar-refractivity contribution in [2.75, 3.05) is 7.11 Å². The normalized spacial score (nSPS) is 38.1. The van der Waals surface area contributed by atoms with Gasteiger partial charge in [0.2, 0.25) is 0 Å². The van der Waals surface area contributed by atoms with E-state index in [0.29, 0.717) is 12.8 Å². The lowest BCUT2D eigenvalue weighted by molar-refractivity contribution is -0.160. The molecular formula is C8H10O4. The van der Waals surface area contributed by atoms with Crippen molar-refractivity contribution in [3.05, 3.63) is 0 Å². The molecule has 0 spiro atoms. The molecular weight excluding hydrogens is 160 g/mol. The van der Waals surface area contributed by atoms with E-state index in [4.69, 9.17) is 4.74 Å². The summed E-state index contributed by atoms with van der Waals surface area (Å²) in [6.45, 7) is 0. The van der Waals surface area contributed by atoms with Crippen molar-refractivity contribution in [2.24, 2.45) is 11.8 Å². The van der Waals surface area contributed by atoms with Crippen LogP contribution in [0.1, 0.15) is 12.8 Å². The van der Waals surface area contributed by atoms with E-state index < -0.39 is 0 Å². The van der Waals surface area contributed by atoms with Crippen molar-refractivity contribution in [1.29, 1.82) is 0 Å². The average Bonchev–Trinajstić information content (AvgIpc) is 2.60. The highest BCUT2D eigenvalue weighted by Crippen LogP contribution is 2.41. The minimum absolute atomic E-state index is 0.0356. The molecule has 4 heteroatoms. The topological polar surface area (TPSA) is 52.6 Å². The van der Waals surface area contributed by atoms with Crippen LogP contribution in [0.2, 0.25) is 0 Å². The van der Waals surface area contributed by atoms with Gasteiger partial charge in [-0.3, -0.25) is 9.59 Å². The van der Waals surface area contributed by atoms with Crippen LogP contribution in [0.5, 0.6) is 0 Å². The number of esters is 2. The second-order valence-corrected chi connectivity index (χ2v) is 3.27. The number of fused-ring (bicyclic) bond motifs is 2. The van der Waals surface area contributed by atoms with E-state index >= 15 is 0 Å². The first-order valence-electron chi connectivity index (χ1n) is 4.00. The second-order valence-electron chi connectivity index (χ2n) is 3.27. The number of carbonyl (C=O) groups is 2. The van der Waals surface area contributed by atoms with Gasteiger partial charge in [0.15, 0.2) is 0 Å². The quantitative estimate of drug-likeness (QED) is 0.524. The smallest absolute Gasteiger partial charge is 0.310 e. The van der Waals surface area contributed by atoms with Crippen molar-refractivity contribution in [3.63, 3.8) is 0 Å². The van der Waals surface area contributed by atoms with Gasteiger partial charge >= 0.3 is 11.9 Å². The molecule has 3 atom stereocenters. The summed E-state index contributed by atoms with van der Waals surface area (Å²) >= 11 is 0. The predicted molar refractivity (Wildman–Crippen MR) is 38.1 cm³/mol. The molecule has 1 saturated heterocycles. The van der Waals surface area contributed by atoms with Crippen molar-refractivity contribution in [3.8, 4) is 0 Å². The molecule has 2 aliphatic rings. The Hall–Kier alpha value is -1.06. The summed E-state index contributed by atoms with van der Waals surface area (Å²) in [5, 5.41) is 0. The highest BCUT2D eigenvalue weighted by atomic mass is 16.6. The molecule has 0 aromatic heterocycles. The molecule has 1 aliphatic carbocycles. The molecule has 2 fully saturated rings. The molecule has 1 heterocycles. The molecule has 2 bridgehead atoms. The summed E-state index contributed by atoms with van der Waals surface area (Å²) in [4.78, 5) is 22.2. The zero-order valence-corrected chi connectivity index (χ0v) is 6.78. The van der Waals surface area contributed by atoms with Gasteiger partial charge in [-0.15, -0.1) is 0 Å². The fourth-order valence-electron chi connectivity index (χ4n) is 2.01. The van der Waals surface area contributed by atoms with Gasteiger partial charge in [0, 0.05) is 0 Å². The molecule has 0 radical (unpaired) electrons. The van der Waals surface area contributed by atoms with Crippen LogP contribution in [0.3, 0.4) is 0 Å². The zero-order valence-electron chi connectivity index (χ0n) is 6.78. The number of hydrogen-bond acceptors (Lipinski definition) is 4. The van der Waals surface area contributed by atoms with Crippen LogP contribution in [0, 0.1) is 11.8 Å². The molecule has 12 heavy (non-hydrogen) atoms. The third-order valence-electron chi connectivity index (χ3n) is 2.61. The number of rotatable bonds is 1. The van der Waals surface area contributed by atoms with Gasteiger partial charge in [-0.25, -0.2) is 0 Å². The Morgan fingerprint density at radius 2 is 2.33 bits per heavy atom. The molecule has 66 valence electrons. The van der Waals surface area contributed by atoms with Crippen molar-refractivity contribution < 1.29 is 19.1 Å². The summed E-state index contributed by atoms with van der Waals surface area (Å²) < 4.78 is 9.53. The number of ether oxygens (including phenoxy) is 2. The van der Waals surface area contributed by atoms with E-state index in [2.05, 4.69) is 4.74 Å². The van der Waals surface area contributed by atoms with Crippen LogP contribution in [0.15, 0.2) is 0 Å². The van der Waals surface area contributed by atoms with E-state index in [-0.39, 0.29) is 29.9 Å². The third-order valence-corrected chi connectivity index (χ3v) is 2.61. The highest BCUT2D eigenvalue weighted by molar-refractivity contribution is 5.85. The molecule has 4 nitrogen and oxygen atoms in total. The Labute approximate surface area is 69.8 Å². The Morgan fingerprint density at radius 1 is 1.58 bits per heavy atom. The van der Waals surface area contributed by atoms with Gasteiger partial charge in [-0.2, -0.15) is 0 Å². The number of hydrogen-bond donors (Lipinski definition) is 0. The SMILES string of the molecule is COC(=O)C1CC2C[C@@H]1C(=O)O2. The molecule has 2 rings (SSSR count). The fourth-order valence-corrected chi connectivity index (χ4v) is 2.01. The molecule has 0 aromatic rings. The Kier molecular flexibility index (Phi) is 1.56. The van der Waals surface area contributed by atoms with Gasteiger partial charge in [-0.1, -0.05) is 0 Å². The lowest BCUT2D eigenvalue weighted by atomic mass is 9.96. The first-order valence-corrected chi connectivity index (χ1v) is 4.00. The summed E-state index contributed by atoms with van der Waals surface area (Å²) in [6.07, 6.45) is 1.30. The van der Waals surface area contributed by atoms with Crippen molar-refractivity contribution >= 4 is 11.9 Å². The van der Waals surface area contributed by atoms with Gasteiger partial charge < -0.3 is 9.47 Å². The van der Waals surface area contributed by atoms with E-state index in [1.807, 2.05) is 0 Å². The van der Waals surface area contributed by atoms with Gasteiger partial charge in [0.05, 0.1) is 18.9 Å². The minimum Gasteiger partial charge on any atom is -0.469 e. The molecule has 0 amide bonds. The summed E-state index contributed by atoms with van der Waals surface area (Å²) in [6, 6.07) is 0. The van der Waals surface area contributed by atoms with Crippen LogP contribution >= 0.6 is 0 Å². The van der Waals surface area contributed by atoms with Crippen LogP contribution in [-0.4, -0.2) is 25.2 Å². The predicted octanol–water partition coefficient (Wildman–Crippen LogP) is 0.111.